The van der Waals surface area contributed by atoms with Gasteiger partial charge in [-0.25, -0.2) is 0 Å². The molecule has 0 aliphatic carbocycles. The fourth-order valence-corrected chi connectivity index (χ4v) is 10.4. The molecule has 10 nitrogen and oxygen atoms in total. The second-order valence-corrected chi connectivity index (χ2v) is 21.0. The second kappa shape index (κ2) is 37.7. The highest BCUT2D eigenvalue weighted by Crippen LogP contribution is 2.24. The lowest BCUT2D eigenvalue weighted by Crippen LogP contribution is -2.43. The van der Waals surface area contributed by atoms with E-state index in [-0.39, 0.29) is 36.7 Å². The molecule has 402 valence electrons. The summed E-state index contributed by atoms with van der Waals surface area (Å²) < 4.78 is 0. The van der Waals surface area contributed by atoms with Gasteiger partial charge in [0.05, 0.1) is 47.6 Å². The highest BCUT2D eigenvalue weighted by atomic mass is 16.3. The van der Waals surface area contributed by atoms with Gasteiger partial charge in [0.25, 0.3) is 23.6 Å². The molecule has 2 aliphatic heterocycles. The van der Waals surface area contributed by atoms with E-state index in [0.29, 0.717) is 35.3 Å². The maximum absolute atomic E-state index is 13.1. The Balaban J connectivity index is 1.23. The van der Waals surface area contributed by atoms with Crippen molar-refractivity contribution in [1.29, 1.82) is 0 Å². The summed E-state index contributed by atoms with van der Waals surface area (Å²) in [6.45, 7) is 8.40. The highest BCUT2D eigenvalue weighted by molar-refractivity contribution is 6.22. The number of nitrogens with zero attached hydrogens (tertiary/aromatic N) is 4. The molecule has 2 aromatic rings. The minimum Gasteiger partial charge on any atom is -0.390 e. The first kappa shape index (κ1) is 60.6. The number of benzene rings is 2. The van der Waals surface area contributed by atoms with Gasteiger partial charge < -0.3 is 20.0 Å². The van der Waals surface area contributed by atoms with Crippen molar-refractivity contribution in [2.45, 2.75) is 219 Å². The van der Waals surface area contributed by atoms with E-state index >= 15 is 0 Å². The van der Waals surface area contributed by atoms with Crippen LogP contribution in [0.2, 0.25) is 0 Å². The maximum atomic E-state index is 13.1. The van der Waals surface area contributed by atoms with E-state index in [1.807, 2.05) is 0 Å². The van der Waals surface area contributed by atoms with Crippen molar-refractivity contribution in [1.82, 2.24) is 19.6 Å². The average Bonchev–Trinajstić information content (AvgIpc) is 3.76. The Kier molecular flexibility index (Phi) is 31.7. The number of carbonyl (C=O) groups is 4. The Morgan fingerprint density at radius 1 is 0.375 bits per heavy atom. The quantitative estimate of drug-likeness (QED) is 0.0382. The number of hydrogen-bond acceptors (Lipinski definition) is 8. The third kappa shape index (κ3) is 23.5. The predicted octanol–water partition coefficient (Wildman–Crippen LogP) is 13.8. The number of carbonyl (C=O) groups excluding carboxylic acids is 4. The molecule has 2 heterocycles. The van der Waals surface area contributed by atoms with Crippen molar-refractivity contribution in [2.75, 3.05) is 52.4 Å². The molecule has 4 amide bonds. The van der Waals surface area contributed by atoms with Crippen molar-refractivity contribution in [2.24, 2.45) is 0 Å². The molecule has 2 aromatic carbocycles. The normalized spacial score (nSPS) is 14.6. The van der Waals surface area contributed by atoms with Crippen LogP contribution in [0, 0.1) is 0 Å². The molecular weight excluding hydrogens is 897 g/mol. The Hall–Kier alpha value is -3.96. The van der Waals surface area contributed by atoms with E-state index in [1.54, 1.807) is 48.5 Å². The minimum atomic E-state index is -0.874. The fourth-order valence-electron chi connectivity index (χ4n) is 10.4. The van der Waals surface area contributed by atoms with Crippen molar-refractivity contribution in [3.8, 4) is 0 Å². The van der Waals surface area contributed by atoms with Crippen LogP contribution in [0.3, 0.4) is 0 Å². The predicted molar refractivity (Wildman–Crippen MR) is 297 cm³/mol. The highest BCUT2D eigenvalue weighted by Gasteiger charge is 2.37. The SMILES string of the molecule is CCCCCCCC/C=C\CCCCCCCCN(CCCCN(CCCCCCCC/C=C\CCCCCCCC)CC(O)CN1C(=O)c2ccccc2C1=O)CC(O)CN1C(=O)c2ccccc2C1=O. The summed E-state index contributed by atoms with van der Waals surface area (Å²) in [6, 6.07) is 13.7. The Bertz CT molecular complexity index is 1680. The van der Waals surface area contributed by atoms with Gasteiger partial charge >= 0.3 is 0 Å². The first-order chi connectivity index (χ1) is 35.2. The smallest absolute Gasteiger partial charge is 0.261 e. The molecule has 0 aromatic heterocycles. The van der Waals surface area contributed by atoms with Gasteiger partial charge in [0.1, 0.15) is 0 Å². The van der Waals surface area contributed by atoms with Crippen molar-refractivity contribution < 1.29 is 29.4 Å². The van der Waals surface area contributed by atoms with Gasteiger partial charge in [0.15, 0.2) is 0 Å². The number of aliphatic hydroxyl groups excluding tert-OH is 2. The van der Waals surface area contributed by atoms with Crippen LogP contribution in [-0.2, 0) is 0 Å². The van der Waals surface area contributed by atoms with Gasteiger partial charge in [-0.1, -0.05) is 178 Å². The largest absolute Gasteiger partial charge is 0.390 e. The summed E-state index contributed by atoms with van der Waals surface area (Å²) >= 11 is 0. The van der Waals surface area contributed by atoms with Crippen molar-refractivity contribution in [3.05, 3.63) is 95.1 Å². The maximum Gasteiger partial charge on any atom is 0.261 e. The summed E-state index contributed by atoms with van der Waals surface area (Å²) in [5, 5.41) is 22.7. The summed E-state index contributed by atoms with van der Waals surface area (Å²) in [7, 11) is 0. The number of fused-ring (bicyclic) bond motifs is 2. The number of imide groups is 2. The molecule has 0 radical (unpaired) electrons. The third-order valence-corrected chi connectivity index (χ3v) is 14.7. The Labute approximate surface area is 437 Å². The topological polar surface area (TPSA) is 122 Å². The summed E-state index contributed by atoms with van der Waals surface area (Å²) in [4.78, 5) is 59.5. The van der Waals surface area contributed by atoms with Crippen LogP contribution in [0.4, 0.5) is 0 Å². The molecule has 2 aliphatic rings. The molecular formula is C62H98N4O6. The summed E-state index contributed by atoms with van der Waals surface area (Å²) in [6.07, 6.45) is 44.4. The molecule has 2 N–H and O–H groups in total. The molecule has 10 heteroatoms. The fraction of sp³-hybridized carbons (Fsp3) is 0.677. The van der Waals surface area contributed by atoms with Gasteiger partial charge in [0, 0.05) is 13.1 Å². The van der Waals surface area contributed by atoms with Crippen LogP contribution >= 0.6 is 0 Å². The van der Waals surface area contributed by atoms with Gasteiger partial charge in [-0.05, 0) is 127 Å². The summed E-state index contributed by atoms with van der Waals surface area (Å²) in [5.74, 6) is -1.38. The zero-order valence-electron chi connectivity index (χ0n) is 45.3. The first-order valence-electron chi connectivity index (χ1n) is 29.3. The van der Waals surface area contributed by atoms with Gasteiger partial charge in [-0.2, -0.15) is 0 Å². The van der Waals surface area contributed by atoms with Crippen molar-refractivity contribution in [3.63, 3.8) is 0 Å². The number of rotatable bonds is 45. The van der Waals surface area contributed by atoms with Crippen LogP contribution in [0.5, 0.6) is 0 Å². The molecule has 0 saturated heterocycles. The zero-order chi connectivity index (χ0) is 51.4. The van der Waals surface area contributed by atoms with Crippen molar-refractivity contribution >= 4 is 23.6 Å². The Morgan fingerprint density at radius 3 is 0.889 bits per heavy atom. The van der Waals surface area contributed by atoms with E-state index in [2.05, 4.69) is 48.0 Å². The number of amides is 4. The second-order valence-electron chi connectivity index (χ2n) is 21.0. The van der Waals surface area contributed by atoms with Gasteiger partial charge in [0.2, 0.25) is 0 Å². The van der Waals surface area contributed by atoms with Crippen LogP contribution in [-0.4, -0.2) is 118 Å². The molecule has 0 spiro atoms. The summed E-state index contributed by atoms with van der Waals surface area (Å²) in [5.41, 5.74) is 1.58. The van der Waals surface area contributed by atoms with E-state index in [4.69, 9.17) is 0 Å². The molecule has 0 saturated carbocycles. The number of allylic oxidation sites excluding steroid dienone is 4. The molecule has 0 bridgehead atoms. The average molecular weight is 995 g/mol. The monoisotopic (exact) mass is 995 g/mol. The standard InChI is InChI=1S/C62H98N4O6/c1-3-5-7-9-11-13-15-17-19-21-23-25-27-29-31-37-45-63(49-53(67)51-65-59(69)55-41-33-34-42-56(55)60(65)70)47-39-40-48-64(50-54(68)52-66-61(71)57-43-35-36-44-58(57)62(66)72)46-38-32-30-28-26-24-22-20-18-16-14-12-10-8-6-4-2/h17-20,33-36,41-44,53-54,67-68H,3-16,21-32,37-40,45-52H2,1-2H3/b19-17-,20-18-. The van der Waals surface area contributed by atoms with Crippen LogP contribution in [0.15, 0.2) is 72.8 Å². The van der Waals surface area contributed by atoms with E-state index in [9.17, 15) is 29.4 Å². The number of unbranched alkanes of at least 4 members (excludes halogenated alkanes) is 25. The lowest BCUT2D eigenvalue weighted by Gasteiger charge is -2.29. The molecule has 2 unspecified atom stereocenters. The Morgan fingerprint density at radius 2 is 0.611 bits per heavy atom. The van der Waals surface area contributed by atoms with E-state index < -0.39 is 12.2 Å². The van der Waals surface area contributed by atoms with Gasteiger partial charge in [-0.3, -0.25) is 29.0 Å². The van der Waals surface area contributed by atoms with Gasteiger partial charge in [-0.15, -0.1) is 0 Å². The van der Waals surface area contributed by atoms with Crippen LogP contribution < -0.4 is 0 Å². The number of aliphatic hydroxyl groups is 2. The minimum absolute atomic E-state index is 0.0363. The molecule has 4 rings (SSSR count). The van der Waals surface area contributed by atoms with Crippen LogP contribution in [0.25, 0.3) is 0 Å². The first-order valence-corrected chi connectivity index (χ1v) is 29.3. The molecule has 72 heavy (non-hydrogen) atoms. The van der Waals surface area contributed by atoms with Crippen LogP contribution in [0.1, 0.15) is 248 Å². The van der Waals surface area contributed by atoms with E-state index in [0.717, 1.165) is 77.5 Å². The van der Waals surface area contributed by atoms with E-state index in [1.165, 1.54) is 151 Å². The number of hydrogen-bond donors (Lipinski definition) is 2. The zero-order valence-corrected chi connectivity index (χ0v) is 45.3. The lowest BCUT2D eigenvalue weighted by molar-refractivity contribution is 0.0451. The third-order valence-electron chi connectivity index (χ3n) is 14.7. The molecule has 2 atom stereocenters. The lowest BCUT2D eigenvalue weighted by atomic mass is 10.1. The number of β-amino-alcohol motifs (C(OH)–C–C–N with tert-alkyl or cyclic N) is 2. The molecule has 0 fully saturated rings.